The van der Waals surface area contributed by atoms with Crippen LogP contribution in [0.25, 0.3) is 0 Å². The lowest BCUT2D eigenvalue weighted by molar-refractivity contribution is -0.195. The average Bonchev–Trinajstić information content (AvgIpc) is 2.53. The zero-order chi connectivity index (χ0) is 15.6. The van der Waals surface area contributed by atoms with Crippen molar-refractivity contribution in [3.8, 4) is 0 Å². The van der Waals surface area contributed by atoms with Crippen LogP contribution in [0.1, 0.15) is 25.7 Å². The van der Waals surface area contributed by atoms with E-state index < -0.39 is 0 Å². The minimum Gasteiger partial charge on any atom is -0.368 e. The van der Waals surface area contributed by atoms with Crippen LogP contribution >= 0.6 is 0 Å². The van der Waals surface area contributed by atoms with E-state index in [-0.39, 0.29) is 11.9 Å². The molecule has 0 saturated carbocycles. The van der Waals surface area contributed by atoms with Gasteiger partial charge >= 0.3 is 11.9 Å². The van der Waals surface area contributed by atoms with Crippen LogP contribution in [-0.2, 0) is 19.3 Å². The van der Waals surface area contributed by atoms with Gasteiger partial charge in [-0.2, -0.15) is 0 Å². The first-order valence-corrected chi connectivity index (χ1v) is 8.07. The van der Waals surface area contributed by atoms with Gasteiger partial charge in [0, 0.05) is 65.2 Å². The van der Waals surface area contributed by atoms with Crippen molar-refractivity contribution in [2.75, 3.05) is 52.4 Å². The molecule has 0 aromatic carbocycles. The topological polar surface area (TPSA) is 83.1 Å². The van der Waals surface area contributed by atoms with Crippen molar-refractivity contribution in [2.45, 2.75) is 25.7 Å². The number of piperazine rings is 2. The molecule has 2 fully saturated rings. The number of carbonyl (C=O) groups excluding carboxylic acids is 2. The first-order valence-electron chi connectivity index (χ1n) is 8.07. The highest BCUT2D eigenvalue weighted by atomic mass is 16.7. The third kappa shape index (κ3) is 6.69. The highest BCUT2D eigenvalue weighted by molar-refractivity contribution is 5.70. The lowest BCUT2D eigenvalue weighted by Gasteiger charge is -2.25. The number of hydrogen-bond acceptors (Lipinski definition) is 8. The van der Waals surface area contributed by atoms with Gasteiger partial charge in [0.05, 0.1) is 0 Å². The molecule has 2 rings (SSSR count). The molecule has 0 amide bonds. The Labute approximate surface area is 131 Å². The molecule has 0 aromatic heterocycles. The van der Waals surface area contributed by atoms with Crippen LogP contribution in [0, 0.1) is 0 Å². The van der Waals surface area contributed by atoms with Gasteiger partial charge in [-0.15, -0.1) is 10.1 Å². The fraction of sp³-hybridized carbons (Fsp3) is 0.857. The summed E-state index contributed by atoms with van der Waals surface area (Å²) in [5.41, 5.74) is 0. The molecular weight excluding hydrogens is 288 g/mol. The summed E-state index contributed by atoms with van der Waals surface area (Å²) in [6.07, 6.45) is 1.96. The predicted octanol–water partition coefficient (Wildman–Crippen LogP) is -0.726. The Morgan fingerprint density at radius 2 is 1.09 bits per heavy atom. The van der Waals surface area contributed by atoms with E-state index in [2.05, 4.69) is 10.6 Å². The molecule has 0 unspecified atom stereocenters. The molecule has 22 heavy (non-hydrogen) atoms. The number of nitrogens with one attached hydrogen (secondary N) is 2. The van der Waals surface area contributed by atoms with Gasteiger partial charge < -0.3 is 20.3 Å². The Kier molecular flexibility index (Phi) is 7.58. The molecule has 2 N–H and O–H groups in total. The number of rotatable bonds is 7. The van der Waals surface area contributed by atoms with Crippen molar-refractivity contribution < 1.29 is 19.3 Å². The SMILES string of the molecule is O=C(CCCCC(=O)ON1CCNCC1)ON1CCNCC1. The molecule has 0 bridgehead atoms. The molecule has 0 atom stereocenters. The van der Waals surface area contributed by atoms with Crippen molar-refractivity contribution in [3.63, 3.8) is 0 Å². The first kappa shape index (κ1) is 17.1. The summed E-state index contributed by atoms with van der Waals surface area (Å²) >= 11 is 0. The van der Waals surface area contributed by atoms with Gasteiger partial charge in [0.15, 0.2) is 0 Å². The number of nitrogens with zero attached hydrogens (tertiary/aromatic N) is 2. The minimum absolute atomic E-state index is 0.225. The maximum absolute atomic E-state index is 11.7. The zero-order valence-corrected chi connectivity index (χ0v) is 13.0. The number of unbranched alkanes of at least 4 members (excludes halogenated alkanes) is 1. The van der Waals surface area contributed by atoms with Gasteiger partial charge in [-0.1, -0.05) is 0 Å². The maximum Gasteiger partial charge on any atom is 0.325 e. The molecule has 2 saturated heterocycles. The number of hydrogen-bond donors (Lipinski definition) is 2. The van der Waals surface area contributed by atoms with Gasteiger partial charge in [0.1, 0.15) is 0 Å². The second kappa shape index (κ2) is 9.73. The van der Waals surface area contributed by atoms with Gasteiger partial charge in [-0.3, -0.25) is 9.59 Å². The molecule has 2 aliphatic heterocycles. The van der Waals surface area contributed by atoms with Crippen molar-refractivity contribution >= 4 is 11.9 Å². The van der Waals surface area contributed by atoms with E-state index in [1.165, 1.54) is 0 Å². The zero-order valence-electron chi connectivity index (χ0n) is 13.0. The average molecular weight is 314 g/mol. The van der Waals surface area contributed by atoms with Gasteiger partial charge in [-0.05, 0) is 12.8 Å². The van der Waals surface area contributed by atoms with E-state index in [9.17, 15) is 9.59 Å². The summed E-state index contributed by atoms with van der Waals surface area (Å²) in [7, 11) is 0. The summed E-state index contributed by atoms with van der Waals surface area (Å²) in [4.78, 5) is 33.8. The molecule has 8 nitrogen and oxygen atoms in total. The van der Waals surface area contributed by atoms with Crippen LogP contribution in [0.3, 0.4) is 0 Å². The first-order chi connectivity index (χ1) is 10.7. The van der Waals surface area contributed by atoms with Crippen LogP contribution in [0.5, 0.6) is 0 Å². The van der Waals surface area contributed by atoms with E-state index in [1.54, 1.807) is 10.1 Å². The lowest BCUT2D eigenvalue weighted by atomic mass is 10.2. The van der Waals surface area contributed by atoms with Crippen LogP contribution in [-0.4, -0.2) is 74.4 Å². The minimum atomic E-state index is -0.225. The second-order valence-corrected chi connectivity index (χ2v) is 5.49. The van der Waals surface area contributed by atoms with Gasteiger partial charge in [-0.25, -0.2) is 0 Å². The molecule has 0 radical (unpaired) electrons. The highest BCUT2D eigenvalue weighted by Crippen LogP contribution is 2.06. The Morgan fingerprint density at radius 1 is 0.727 bits per heavy atom. The van der Waals surface area contributed by atoms with E-state index in [0.717, 1.165) is 52.4 Å². The van der Waals surface area contributed by atoms with E-state index in [1.807, 2.05) is 0 Å². The van der Waals surface area contributed by atoms with Crippen molar-refractivity contribution in [3.05, 3.63) is 0 Å². The molecular formula is C14H26N4O4. The van der Waals surface area contributed by atoms with Crippen molar-refractivity contribution in [1.82, 2.24) is 20.8 Å². The van der Waals surface area contributed by atoms with Gasteiger partial charge in [0.25, 0.3) is 0 Å². The largest absolute Gasteiger partial charge is 0.368 e. The Hall–Kier alpha value is -1.22. The summed E-state index contributed by atoms with van der Waals surface area (Å²) in [5, 5.41) is 9.77. The molecule has 2 heterocycles. The Balaban J connectivity index is 1.48. The standard InChI is InChI=1S/C14H26N4O4/c19-13(21-17-9-5-15-6-10-17)3-1-2-4-14(20)22-18-11-7-16-8-12-18/h15-16H,1-12H2. The van der Waals surface area contributed by atoms with Gasteiger partial charge in [0.2, 0.25) is 0 Å². The lowest BCUT2D eigenvalue weighted by Crippen LogP contribution is -2.44. The Bertz CT molecular complexity index is 321. The second-order valence-electron chi connectivity index (χ2n) is 5.49. The summed E-state index contributed by atoms with van der Waals surface area (Å²) in [6, 6.07) is 0. The van der Waals surface area contributed by atoms with Crippen molar-refractivity contribution in [1.29, 1.82) is 0 Å². The third-order valence-corrected chi connectivity index (χ3v) is 3.63. The maximum atomic E-state index is 11.7. The summed E-state index contributed by atoms with van der Waals surface area (Å²) in [5.74, 6) is -0.449. The van der Waals surface area contributed by atoms with Crippen molar-refractivity contribution in [2.24, 2.45) is 0 Å². The van der Waals surface area contributed by atoms with E-state index in [4.69, 9.17) is 9.68 Å². The molecule has 0 spiro atoms. The fourth-order valence-corrected chi connectivity index (χ4v) is 2.39. The molecule has 2 aliphatic rings. The predicted molar refractivity (Wildman–Crippen MR) is 79.5 cm³/mol. The molecule has 8 heteroatoms. The molecule has 0 aliphatic carbocycles. The quantitative estimate of drug-likeness (QED) is 0.596. The molecule has 0 aromatic rings. The molecule has 126 valence electrons. The summed E-state index contributed by atoms with van der Waals surface area (Å²) in [6.45, 7) is 6.25. The van der Waals surface area contributed by atoms with Crippen LogP contribution < -0.4 is 10.6 Å². The van der Waals surface area contributed by atoms with Crippen LogP contribution in [0.2, 0.25) is 0 Å². The van der Waals surface area contributed by atoms with E-state index >= 15 is 0 Å². The van der Waals surface area contributed by atoms with Crippen LogP contribution in [0.15, 0.2) is 0 Å². The monoisotopic (exact) mass is 314 g/mol. The fourth-order valence-electron chi connectivity index (χ4n) is 2.39. The number of carbonyl (C=O) groups is 2. The normalized spacial score (nSPS) is 20.5. The highest BCUT2D eigenvalue weighted by Gasteiger charge is 2.16. The summed E-state index contributed by atoms with van der Waals surface area (Å²) < 4.78 is 0. The van der Waals surface area contributed by atoms with E-state index in [0.29, 0.717) is 25.7 Å². The third-order valence-electron chi connectivity index (χ3n) is 3.63. The van der Waals surface area contributed by atoms with Crippen LogP contribution in [0.4, 0.5) is 0 Å². The number of hydroxylamine groups is 4. The Morgan fingerprint density at radius 3 is 1.45 bits per heavy atom. The smallest absolute Gasteiger partial charge is 0.325 e.